The van der Waals surface area contributed by atoms with Crippen LogP contribution in [0, 0.1) is 10.2 Å². The van der Waals surface area contributed by atoms with E-state index in [0.717, 1.165) is 6.54 Å². The lowest BCUT2D eigenvalue weighted by Gasteiger charge is -2.17. The molecule has 1 heterocycles. The van der Waals surface area contributed by atoms with Gasteiger partial charge in [-0.3, -0.25) is 0 Å². The zero-order valence-corrected chi connectivity index (χ0v) is 21.7. The third-order valence-electron chi connectivity index (χ3n) is 6.33. The van der Waals surface area contributed by atoms with E-state index >= 15 is 0 Å². The number of hydrogen-bond acceptors (Lipinski definition) is 5. The maximum Gasteiger partial charge on any atom is 0.210 e. The Kier molecular flexibility index (Phi) is 8.36. The Bertz CT molecular complexity index is 1220. The molecule has 0 N–H and O–H groups in total. The minimum absolute atomic E-state index is 0.0377. The predicted octanol–water partition coefficient (Wildman–Crippen LogP) is 2.04. The molecule has 6 nitrogen and oxygen atoms in total. The Labute approximate surface area is 209 Å². The van der Waals surface area contributed by atoms with Crippen LogP contribution >= 0.6 is 0 Å². The van der Waals surface area contributed by atoms with Crippen molar-refractivity contribution in [1.29, 1.82) is 0 Å². The number of hydrogen-bond donors (Lipinski definition) is 0. The Morgan fingerprint density at radius 2 is 1.51 bits per heavy atom. The van der Waals surface area contributed by atoms with E-state index in [2.05, 4.69) is 117 Å². The van der Waals surface area contributed by atoms with E-state index in [1.54, 1.807) is 0 Å². The first-order valence-electron chi connectivity index (χ1n) is 11.7. The molecule has 3 aromatic rings. The molecule has 0 spiro atoms. The summed E-state index contributed by atoms with van der Waals surface area (Å²) in [6.07, 6.45) is 7.00. The summed E-state index contributed by atoms with van der Waals surface area (Å²) < 4.78 is 36.5. The van der Waals surface area contributed by atoms with Crippen LogP contribution in [0.1, 0.15) is 44.7 Å². The Hall–Kier alpha value is -2.74. The van der Waals surface area contributed by atoms with Crippen molar-refractivity contribution in [2.45, 2.75) is 39.0 Å². The molecule has 3 aromatic carbocycles. The highest BCUT2D eigenvalue weighted by molar-refractivity contribution is 6.09. The number of unbranched alkanes of at least 4 members (excludes halogenated alkanes) is 1. The third-order valence-corrected chi connectivity index (χ3v) is 6.33. The molecule has 7 heteroatoms. The standard InChI is InChI=1S/C28H33N2.ClHO4/c1-6-7-20-30-25-18-15-22-10-8-9-11-24(22)27(25)28(2,3)26(30)19-14-21-12-16-23(17-13-21)29(4)5;2-1(3,4)5/h8-19H,6-7,20H2,1-5H3;(H,2,3,4,5)/q+1;/p-1. The van der Waals surface area contributed by atoms with Crippen LogP contribution in [-0.2, 0) is 5.41 Å². The van der Waals surface area contributed by atoms with Gasteiger partial charge in [0.1, 0.15) is 6.54 Å². The van der Waals surface area contributed by atoms with Crippen molar-refractivity contribution in [2.75, 3.05) is 25.5 Å². The van der Waals surface area contributed by atoms with Gasteiger partial charge in [0.15, 0.2) is 5.71 Å². The summed E-state index contributed by atoms with van der Waals surface area (Å²) in [4.78, 5) is 2.14. The van der Waals surface area contributed by atoms with Gasteiger partial charge in [0.05, 0.1) is 5.41 Å². The van der Waals surface area contributed by atoms with Crippen molar-refractivity contribution < 1.29 is 33.5 Å². The van der Waals surface area contributed by atoms with Crippen molar-refractivity contribution in [3.8, 4) is 0 Å². The predicted molar refractivity (Wildman–Crippen MR) is 131 cm³/mol. The van der Waals surface area contributed by atoms with Gasteiger partial charge in [-0.15, -0.1) is 10.2 Å². The van der Waals surface area contributed by atoms with Crippen LogP contribution in [0.25, 0.3) is 16.8 Å². The van der Waals surface area contributed by atoms with Gasteiger partial charge < -0.3 is 4.90 Å². The molecule has 1 aliphatic heterocycles. The molecule has 186 valence electrons. The fraction of sp³-hybridized carbons (Fsp3) is 0.321. The molecule has 0 bridgehead atoms. The van der Waals surface area contributed by atoms with E-state index in [1.807, 2.05) is 0 Å². The first kappa shape index (κ1) is 26.9. The van der Waals surface area contributed by atoms with Crippen molar-refractivity contribution in [3.63, 3.8) is 0 Å². The number of halogens is 1. The molecule has 4 rings (SSSR count). The molecule has 0 saturated heterocycles. The van der Waals surface area contributed by atoms with E-state index in [4.69, 9.17) is 18.6 Å². The lowest BCUT2D eigenvalue weighted by Crippen LogP contribution is -2.68. The number of benzene rings is 3. The summed E-state index contributed by atoms with van der Waals surface area (Å²) in [7, 11) is -0.788. The second kappa shape index (κ2) is 10.9. The molecular formula is C28H33ClN2O4. The van der Waals surface area contributed by atoms with Crippen molar-refractivity contribution in [2.24, 2.45) is 0 Å². The van der Waals surface area contributed by atoms with Gasteiger partial charge in [0.2, 0.25) is 5.69 Å². The molecule has 0 fully saturated rings. The first-order valence-corrected chi connectivity index (χ1v) is 12.9. The largest absolute Gasteiger partial charge is 0.378 e. The molecule has 0 aliphatic carbocycles. The highest BCUT2D eigenvalue weighted by Gasteiger charge is 2.45. The summed E-state index contributed by atoms with van der Waals surface area (Å²) in [5.41, 5.74) is 6.64. The monoisotopic (exact) mass is 496 g/mol. The fourth-order valence-corrected chi connectivity index (χ4v) is 4.65. The number of allylic oxidation sites excluding steroid dienone is 1. The van der Waals surface area contributed by atoms with Gasteiger partial charge in [-0.2, -0.15) is 4.58 Å². The quantitative estimate of drug-likeness (QED) is 0.486. The number of nitrogens with zero attached hydrogens (tertiary/aromatic N) is 2. The van der Waals surface area contributed by atoms with Crippen LogP contribution in [0.2, 0.25) is 0 Å². The zero-order valence-electron chi connectivity index (χ0n) is 21.0. The lowest BCUT2D eigenvalue weighted by atomic mass is 9.79. The van der Waals surface area contributed by atoms with E-state index in [1.165, 1.54) is 51.8 Å². The topological polar surface area (TPSA) is 98.5 Å². The average Bonchev–Trinajstić information content (AvgIpc) is 3.01. The van der Waals surface area contributed by atoms with Gasteiger partial charge in [-0.1, -0.05) is 49.7 Å². The number of anilines is 1. The van der Waals surface area contributed by atoms with E-state index in [-0.39, 0.29) is 5.41 Å². The minimum atomic E-state index is -4.94. The summed E-state index contributed by atoms with van der Waals surface area (Å²) in [5.74, 6) is 0. The summed E-state index contributed by atoms with van der Waals surface area (Å²) in [6, 6.07) is 22.2. The maximum atomic E-state index is 8.49. The van der Waals surface area contributed by atoms with Crippen LogP contribution in [0.15, 0.2) is 66.7 Å². The average molecular weight is 497 g/mol. The van der Waals surface area contributed by atoms with Crippen LogP contribution < -0.4 is 23.5 Å². The molecular weight excluding hydrogens is 464 g/mol. The van der Waals surface area contributed by atoms with E-state index < -0.39 is 10.2 Å². The molecule has 0 saturated carbocycles. The minimum Gasteiger partial charge on any atom is -0.378 e. The Balaban J connectivity index is 0.000000623. The molecule has 0 unspecified atom stereocenters. The second-order valence-corrected chi connectivity index (χ2v) is 10.1. The zero-order chi connectivity index (χ0) is 25.8. The Morgan fingerprint density at radius 3 is 2.11 bits per heavy atom. The molecule has 1 aliphatic rings. The summed E-state index contributed by atoms with van der Waals surface area (Å²) >= 11 is 0. The van der Waals surface area contributed by atoms with Gasteiger partial charge in [0.25, 0.3) is 0 Å². The van der Waals surface area contributed by atoms with Gasteiger partial charge in [-0.25, -0.2) is 18.6 Å². The highest BCUT2D eigenvalue weighted by atomic mass is 35.7. The van der Waals surface area contributed by atoms with Gasteiger partial charge >= 0.3 is 0 Å². The SMILES string of the molecule is CCCC[N+]1=C(/C=C/c2ccc(N(C)C)cc2)C(C)(C)c2c1ccc1ccccc21.[O-][Cl+3]([O-])([O-])[O-]. The van der Waals surface area contributed by atoms with Gasteiger partial charge in [-0.05, 0) is 54.5 Å². The van der Waals surface area contributed by atoms with E-state index in [0.29, 0.717) is 0 Å². The number of rotatable bonds is 6. The molecule has 0 atom stereocenters. The van der Waals surface area contributed by atoms with E-state index in [9.17, 15) is 0 Å². The van der Waals surface area contributed by atoms with Crippen LogP contribution in [0.3, 0.4) is 0 Å². The molecule has 0 aromatic heterocycles. The summed E-state index contributed by atoms with van der Waals surface area (Å²) in [5, 5.41) is 2.70. The Morgan fingerprint density at radius 1 is 0.886 bits per heavy atom. The molecule has 0 radical (unpaired) electrons. The normalized spacial score (nSPS) is 14.8. The van der Waals surface area contributed by atoms with Crippen LogP contribution in [0.4, 0.5) is 11.4 Å². The van der Waals surface area contributed by atoms with Crippen molar-refractivity contribution in [1.82, 2.24) is 0 Å². The van der Waals surface area contributed by atoms with Gasteiger partial charge in [0, 0.05) is 43.9 Å². The third kappa shape index (κ3) is 6.48. The second-order valence-electron chi connectivity index (χ2n) is 9.39. The van der Waals surface area contributed by atoms with Crippen LogP contribution in [-0.4, -0.2) is 30.9 Å². The van der Waals surface area contributed by atoms with Crippen molar-refractivity contribution in [3.05, 3.63) is 77.9 Å². The van der Waals surface area contributed by atoms with Crippen LogP contribution in [0.5, 0.6) is 0 Å². The smallest absolute Gasteiger partial charge is 0.210 e. The summed E-state index contributed by atoms with van der Waals surface area (Å²) in [6.45, 7) is 8.08. The lowest BCUT2D eigenvalue weighted by molar-refractivity contribution is -2.00. The first-order chi connectivity index (χ1) is 16.4. The fourth-order valence-electron chi connectivity index (χ4n) is 4.65. The molecule has 0 amide bonds. The van der Waals surface area contributed by atoms with Crippen molar-refractivity contribution >= 4 is 33.9 Å². The molecule has 35 heavy (non-hydrogen) atoms. The highest BCUT2D eigenvalue weighted by Crippen LogP contribution is 2.44. The number of fused-ring (bicyclic) bond motifs is 3. The maximum absolute atomic E-state index is 8.49.